The zero-order valence-corrected chi connectivity index (χ0v) is 11.3. The Morgan fingerprint density at radius 3 is 2.85 bits per heavy atom. The van der Waals surface area contributed by atoms with Gasteiger partial charge in [0.2, 0.25) is 5.91 Å². The van der Waals surface area contributed by atoms with Crippen molar-refractivity contribution >= 4 is 11.9 Å². The molecule has 0 saturated carbocycles. The molecule has 1 rings (SSSR count). The molecule has 0 spiro atoms. The van der Waals surface area contributed by atoms with Crippen molar-refractivity contribution in [3.05, 3.63) is 29.8 Å². The Bertz CT molecular complexity index is 519. The second kappa shape index (κ2) is 7.85. The van der Waals surface area contributed by atoms with E-state index in [0.717, 1.165) is 11.3 Å². The molecule has 20 heavy (non-hydrogen) atoms. The number of aliphatic carboxylic acids is 1. The summed E-state index contributed by atoms with van der Waals surface area (Å²) in [6.07, 6.45) is 5.74. The second-order valence-electron chi connectivity index (χ2n) is 4.22. The Hall–Kier alpha value is -2.48. The summed E-state index contributed by atoms with van der Waals surface area (Å²) >= 11 is 0. The van der Waals surface area contributed by atoms with Crippen LogP contribution in [0, 0.1) is 12.3 Å². The molecule has 0 heterocycles. The maximum absolute atomic E-state index is 11.7. The fraction of sp³-hybridized carbons (Fsp3) is 0.333. The summed E-state index contributed by atoms with van der Waals surface area (Å²) in [5.74, 6) is 1.49. The normalized spacial score (nSPS) is 11.2. The summed E-state index contributed by atoms with van der Waals surface area (Å²) in [6, 6.07) is 6.34. The smallest absolute Gasteiger partial charge is 0.327 e. The van der Waals surface area contributed by atoms with Gasteiger partial charge in [-0.1, -0.05) is 12.1 Å². The highest BCUT2D eigenvalue weighted by Gasteiger charge is 2.18. The lowest BCUT2D eigenvalue weighted by Gasteiger charge is -2.11. The zero-order valence-electron chi connectivity index (χ0n) is 11.3. The van der Waals surface area contributed by atoms with E-state index in [1.807, 2.05) is 24.3 Å². The summed E-state index contributed by atoms with van der Waals surface area (Å²) in [7, 11) is 1.57. The van der Waals surface area contributed by atoms with E-state index >= 15 is 0 Å². The SMILES string of the molecule is C#CCC(NC(=O)CCc1cccc(OC)c1)C(=O)O. The first-order chi connectivity index (χ1) is 9.56. The highest BCUT2D eigenvalue weighted by atomic mass is 16.5. The van der Waals surface area contributed by atoms with Crippen LogP contribution in [0.1, 0.15) is 18.4 Å². The van der Waals surface area contributed by atoms with Crippen LogP contribution in [0.4, 0.5) is 0 Å². The molecule has 106 valence electrons. The number of aryl methyl sites for hydroxylation is 1. The number of nitrogens with one attached hydrogen (secondary N) is 1. The molecule has 1 atom stereocenters. The third kappa shape index (κ3) is 5.02. The average molecular weight is 275 g/mol. The lowest BCUT2D eigenvalue weighted by molar-refractivity contribution is -0.141. The van der Waals surface area contributed by atoms with Gasteiger partial charge in [-0.2, -0.15) is 0 Å². The molecule has 5 nitrogen and oxygen atoms in total. The van der Waals surface area contributed by atoms with Crippen molar-refractivity contribution < 1.29 is 19.4 Å². The molecule has 0 radical (unpaired) electrons. The van der Waals surface area contributed by atoms with Gasteiger partial charge >= 0.3 is 5.97 Å². The van der Waals surface area contributed by atoms with Crippen LogP contribution < -0.4 is 10.1 Å². The van der Waals surface area contributed by atoms with Crippen molar-refractivity contribution in [3.8, 4) is 18.1 Å². The van der Waals surface area contributed by atoms with Gasteiger partial charge in [-0.25, -0.2) is 4.79 Å². The van der Waals surface area contributed by atoms with Gasteiger partial charge in [0.1, 0.15) is 11.8 Å². The summed E-state index contributed by atoms with van der Waals surface area (Å²) in [6.45, 7) is 0. The first-order valence-corrected chi connectivity index (χ1v) is 6.15. The molecule has 0 aliphatic carbocycles. The lowest BCUT2D eigenvalue weighted by Crippen LogP contribution is -2.40. The Labute approximate surface area is 117 Å². The van der Waals surface area contributed by atoms with Crippen molar-refractivity contribution in [1.29, 1.82) is 0 Å². The molecule has 0 bridgehead atoms. The number of methoxy groups -OCH3 is 1. The highest BCUT2D eigenvalue weighted by Crippen LogP contribution is 2.13. The van der Waals surface area contributed by atoms with E-state index in [1.54, 1.807) is 7.11 Å². The van der Waals surface area contributed by atoms with Gasteiger partial charge in [0.25, 0.3) is 0 Å². The van der Waals surface area contributed by atoms with Crippen molar-refractivity contribution in [3.63, 3.8) is 0 Å². The van der Waals surface area contributed by atoms with Gasteiger partial charge in [-0.3, -0.25) is 4.79 Å². The van der Waals surface area contributed by atoms with E-state index in [1.165, 1.54) is 0 Å². The van der Waals surface area contributed by atoms with E-state index in [2.05, 4.69) is 11.2 Å². The van der Waals surface area contributed by atoms with Gasteiger partial charge in [-0.05, 0) is 24.1 Å². The van der Waals surface area contributed by atoms with Gasteiger partial charge < -0.3 is 15.2 Å². The number of benzene rings is 1. The number of carboxylic acid groups (broad SMARTS) is 1. The van der Waals surface area contributed by atoms with Crippen molar-refractivity contribution in [2.24, 2.45) is 0 Å². The number of hydrogen-bond acceptors (Lipinski definition) is 3. The van der Waals surface area contributed by atoms with Crippen LogP contribution in [0.2, 0.25) is 0 Å². The third-order valence-corrected chi connectivity index (χ3v) is 2.73. The third-order valence-electron chi connectivity index (χ3n) is 2.73. The molecular formula is C15H17NO4. The number of amides is 1. The number of carboxylic acids is 1. The number of carbonyl (C=O) groups is 2. The Balaban J connectivity index is 2.50. The predicted molar refractivity (Wildman–Crippen MR) is 74.3 cm³/mol. The van der Waals surface area contributed by atoms with Crippen molar-refractivity contribution in [2.45, 2.75) is 25.3 Å². The van der Waals surface area contributed by atoms with E-state index in [0.29, 0.717) is 6.42 Å². The summed E-state index contributed by atoms with van der Waals surface area (Å²) < 4.78 is 5.09. The van der Waals surface area contributed by atoms with E-state index in [-0.39, 0.29) is 18.7 Å². The minimum atomic E-state index is -1.13. The molecule has 0 saturated heterocycles. The molecule has 0 aliphatic rings. The van der Waals surface area contributed by atoms with Crippen LogP contribution >= 0.6 is 0 Å². The first-order valence-electron chi connectivity index (χ1n) is 6.15. The number of rotatable bonds is 7. The molecule has 0 aliphatic heterocycles. The molecule has 0 aromatic heterocycles. The fourth-order valence-corrected chi connectivity index (χ4v) is 1.67. The fourth-order valence-electron chi connectivity index (χ4n) is 1.67. The van der Waals surface area contributed by atoms with Crippen LogP contribution in [-0.4, -0.2) is 30.1 Å². The van der Waals surface area contributed by atoms with Crippen LogP contribution in [-0.2, 0) is 16.0 Å². The zero-order chi connectivity index (χ0) is 15.0. The lowest BCUT2D eigenvalue weighted by atomic mass is 10.1. The Kier molecular flexibility index (Phi) is 6.11. The molecule has 0 fully saturated rings. The molecule has 1 unspecified atom stereocenters. The average Bonchev–Trinajstić information content (AvgIpc) is 2.44. The highest BCUT2D eigenvalue weighted by molar-refractivity contribution is 5.83. The van der Waals surface area contributed by atoms with E-state index < -0.39 is 12.0 Å². The molecule has 1 aromatic rings. The number of hydrogen-bond donors (Lipinski definition) is 2. The molecule has 1 amide bonds. The standard InChI is InChI=1S/C15H17NO4/c1-3-5-13(15(18)19)16-14(17)9-8-11-6-4-7-12(10-11)20-2/h1,4,6-7,10,13H,5,8-9H2,2H3,(H,16,17)(H,18,19). The second-order valence-corrected chi connectivity index (χ2v) is 4.22. The van der Waals surface area contributed by atoms with Crippen molar-refractivity contribution in [2.75, 3.05) is 7.11 Å². The van der Waals surface area contributed by atoms with Crippen LogP contribution in [0.5, 0.6) is 5.75 Å². The number of ether oxygens (including phenoxy) is 1. The predicted octanol–water partition coefficient (Wildman–Crippen LogP) is 1.22. The van der Waals surface area contributed by atoms with Gasteiger partial charge in [0, 0.05) is 12.8 Å². The van der Waals surface area contributed by atoms with Crippen LogP contribution in [0.15, 0.2) is 24.3 Å². The largest absolute Gasteiger partial charge is 0.497 e. The summed E-state index contributed by atoms with van der Waals surface area (Å²) in [5.41, 5.74) is 0.948. The summed E-state index contributed by atoms with van der Waals surface area (Å²) in [5, 5.41) is 11.3. The van der Waals surface area contributed by atoms with Gasteiger partial charge in [-0.15, -0.1) is 12.3 Å². The molecule has 1 aromatic carbocycles. The Morgan fingerprint density at radius 1 is 1.50 bits per heavy atom. The number of carbonyl (C=O) groups excluding carboxylic acids is 1. The van der Waals surface area contributed by atoms with Gasteiger partial charge in [0.05, 0.1) is 7.11 Å². The first kappa shape index (κ1) is 15.6. The topological polar surface area (TPSA) is 75.6 Å². The molecule has 5 heteroatoms. The van der Waals surface area contributed by atoms with Crippen LogP contribution in [0.3, 0.4) is 0 Å². The number of terminal acetylenes is 1. The minimum absolute atomic E-state index is 0.0275. The minimum Gasteiger partial charge on any atom is -0.497 e. The maximum atomic E-state index is 11.7. The quantitative estimate of drug-likeness (QED) is 0.734. The molecule has 2 N–H and O–H groups in total. The van der Waals surface area contributed by atoms with E-state index in [4.69, 9.17) is 16.3 Å². The Morgan fingerprint density at radius 2 is 2.25 bits per heavy atom. The molecular weight excluding hydrogens is 258 g/mol. The monoisotopic (exact) mass is 275 g/mol. The van der Waals surface area contributed by atoms with Crippen molar-refractivity contribution in [1.82, 2.24) is 5.32 Å². The van der Waals surface area contributed by atoms with Crippen LogP contribution in [0.25, 0.3) is 0 Å². The summed E-state index contributed by atoms with van der Waals surface area (Å²) in [4.78, 5) is 22.5. The maximum Gasteiger partial charge on any atom is 0.327 e. The van der Waals surface area contributed by atoms with Gasteiger partial charge in [0.15, 0.2) is 0 Å². The van der Waals surface area contributed by atoms with E-state index in [9.17, 15) is 9.59 Å².